The third-order valence-electron chi connectivity index (χ3n) is 12.7. The Kier molecular flexibility index (Phi) is 17.5. The van der Waals surface area contributed by atoms with Gasteiger partial charge in [-0.25, -0.2) is 9.59 Å². The van der Waals surface area contributed by atoms with E-state index in [-0.39, 0.29) is 34.1 Å². The van der Waals surface area contributed by atoms with Crippen molar-refractivity contribution >= 4 is 30.2 Å². The molecule has 0 aromatic heterocycles. The van der Waals surface area contributed by atoms with E-state index in [1.54, 1.807) is 0 Å². The molecule has 0 radical (unpaired) electrons. The first-order valence-electron chi connectivity index (χ1n) is 23.7. The molecule has 8 rings (SSSR count). The number of carbonyl (C=O) groups is 2. The third kappa shape index (κ3) is 12.6. The molecule has 4 aromatic carbocycles. The van der Waals surface area contributed by atoms with Crippen LogP contribution in [0.4, 0.5) is 0 Å². The van der Waals surface area contributed by atoms with Crippen molar-refractivity contribution in [3.05, 3.63) is 107 Å². The minimum Gasteiger partial charge on any atom is -0.571 e. The van der Waals surface area contributed by atoms with Gasteiger partial charge in [-0.3, -0.25) is 0 Å². The number of hydrogen-bond donors (Lipinski definition) is 16. The normalized spacial score (nSPS) is 30.9. The van der Waals surface area contributed by atoms with Crippen LogP contribution in [0, 0.1) is 0 Å². The van der Waals surface area contributed by atoms with E-state index in [0.29, 0.717) is 11.1 Å². The van der Waals surface area contributed by atoms with E-state index >= 15 is 0 Å². The van der Waals surface area contributed by atoms with E-state index in [4.69, 9.17) is 37.9 Å². The highest BCUT2D eigenvalue weighted by Crippen LogP contribution is 2.49. The van der Waals surface area contributed by atoms with Crippen molar-refractivity contribution in [2.24, 2.45) is 0 Å². The Morgan fingerprint density at radius 2 is 1.03 bits per heavy atom. The Labute approximate surface area is 439 Å². The highest BCUT2D eigenvalue weighted by atomic mass is 16.7. The molecule has 4 aliphatic rings. The first kappa shape index (κ1) is 56.7. The fourth-order valence-corrected chi connectivity index (χ4v) is 8.41. The summed E-state index contributed by atoms with van der Waals surface area (Å²) in [6.45, 7) is -2.31. The third-order valence-corrected chi connectivity index (χ3v) is 12.7. The Hall–Kier alpha value is -7.48. The van der Waals surface area contributed by atoms with E-state index in [1.165, 1.54) is 54.6 Å². The second kappa shape index (κ2) is 24.0. The average molecular weight is 1100 g/mol. The standard InChI is InChI=1S/C51H54O27/c52-17-33-39(61)42(64)45(67)51(76-33)75-32-16-25-29(14-24(54)15-30(25)73-49-46(68)43(65)40(62)34(77-49)18-71-37(59)10-5-21-3-8-26(55)27(56)11-21)72-48(32)22-12-28(57)38(60)31(13-22)74-50-47(69)44(66)41(63)35(78-50)19-70-36(58)9-4-20-1-6-23(53)7-2-20/h1-16,33-35,39-57,60-69H,17-19H2/p+1/b9-4+,10-5+/t33-,34-,35-,39-,40-,41-,42+,43+,44+,45-,46+,47+,48?,49-,50-,51-/m1/s1. The smallest absolute Gasteiger partial charge is 0.330 e. The van der Waals surface area contributed by atoms with E-state index in [9.17, 15) is 91.3 Å². The number of phenolic OH excluding ortho intramolecular Hbond substituents is 6. The maximum absolute atomic E-state index is 12.6. The summed E-state index contributed by atoms with van der Waals surface area (Å²) >= 11 is 0. The lowest BCUT2D eigenvalue weighted by atomic mass is 9.98. The first-order valence-corrected chi connectivity index (χ1v) is 23.7. The van der Waals surface area contributed by atoms with Gasteiger partial charge in [0.15, 0.2) is 28.8 Å². The van der Waals surface area contributed by atoms with Crippen LogP contribution in [0.5, 0.6) is 51.7 Å². The quantitative estimate of drug-likeness (QED) is 0.0249. The molecule has 16 atom stereocenters. The van der Waals surface area contributed by atoms with Gasteiger partial charge in [-0.2, -0.15) is 0 Å². The Morgan fingerprint density at radius 3 is 1.59 bits per heavy atom. The fourth-order valence-electron chi connectivity index (χ4n) is 8.41. The summed E-state index contributed by atoms with van der Waals surface area (Å²) in [4.78, 5) is 25.2. The number of carbonyl (C=O) groups excluding carboxylic acids is 2. The van der Waals surface area contributed by atoms with Crippen LogP contribution >= 0.6 is 0 Å². The molecule has 3 fully saturated rings. The number of rotatable bonds is 16. The van der Waals surface area contributed by atoms with Crippen molar-refractivity contribution in [2.75, 3.05) is 19.8 Å². The van der Waals surface area contributed by atoms with Crippen LogP contribution in [-0.4, -0.2) is 210 Å². The topological polar surface area (TPSA) is 444 Å². The number of aliphatic hydroxyl groups is 11. The fraction of sp³-hybridized carbons (Fsp3) is 0.373. The molecule has 4 heterocycles. The number of aliphatic hydroxyl groups excluding tert-OH is 10. The van der Waals surface area contributed by atoms with Crippen LogP contribution in [0.3, 0.4) is 0 Å². The highest BCUT2D eigenvalue weighted by Gasteiger charge is 2.50. The summed E-state index contributed by atoms with van der Waals surface area (Å²) in [5, 5.41) is 169. The molecule has 17 N–H and O–H groups in total. The maximum atomic E-state index is 12.6. The molecule has 0 spiro atoms. The molecule has 27 heteroatoms. The molecule has 3 saturated heterocycles. The second-order valence-electron chi connectivity index (χ2n) is 18.2. The lowest BCUT2D eigenvalue weighted by molar-refractivity contribution is -0.295. The van der Waals surface area contributed by atoms with Gasteiger partial charge in [0.1, 0.15) is 109 Å². The summed E-state index contributed by atoms with van der Waals surface area (Å²) < 4.78 is 49.8. The van der Waals surface area contributed by atoms with Gasteiger partial charge in [-0.05, 0) is 59.7 Å². The number of esters is 2. The van der Waals surface area contributed by atoms with Crippen molar-refractivity contribution in [2.45, 2.75) is 98.2 Å². The average Bonchev–Trinajstić information content (AvgIpc) is 3.41. The van der Waals surface area contributed by atoms with E-state index in [1.807, 2.05) is 0 Å². The lowest BCUT2D eigenvalue weighted by Crippen LogP contribution is -2.60. The first-order chi connectivity index (χ1) is 37.1. The molecule has 1 unspecified atom stereocenters. The molecule has 0 amide bonds. The molecule has 27 nitrogen and oxygen atoms in total. The lowest BCUT2D eigenvalue weighted by Gasteiger charge is -2.41. The summed E-state index contributed by atoms with van der Waals surface area (Å²) in [6, 6.07) is 13.6. The highest BCUT2D eigenvalue weighted by molar-refractivity contribution is 5.87. The number of benzene rings is 4. The Morgan fingerprint density at radius 1 is 0.513 bits per heavy atom. The molecular formula is C51H55O27+. The van der Waals surface area contributed by atoms with Crippen molar-refractivity contribution in [1.82, 2.24) is 0 Å². The van der Waals surface area contributed by atoms with Crippen LogP contribution < -0.4 is 9.47 Å². The van der Waals surface area contributed by atoms with E-state index in [0.717, 1.165) is 42.5 Å². The zero-order valence-corrected chi connectivity index (χ0v) is 40.3. The van der Waals surface area contributed by atoms with E-state index in [2.05, 4.69) is 4.74 Å². The molecule has 0 aliphatic carbocycles. The number of hydrogen-bond acceptors (Lipinski definition) is 26. The zero-order chi connectivity index (χ0) is 56.3. The molecule has 4 aliphatic heterocycles. The second-order valence-corrected chi connectivity index (χ2v) is 18.2. The number of fused-ring (bicyclic) bond motifs is 1. The van der Waals surface area contributed by atoms with Gasteiger partial charge in [-0.1, -0.05) is 18.2 Å². The van der Waals surface area contributed by atoms with Gasteiger partial charge >= 0.3 is 11.9 Å². The van der Waals surface area contributed by atoms with Crippen LogP contribution in [0.2, 0.25) is 0 Å². The molecule has 4 aromatic rings. The van der Waals surface area contributed by atoms with Crippen molar-refractivity contribution in [3.63, 3.8) is 0 Å². The Balaban J connectivity index is 1.05. The number of ether oxygens (including phenoxy) is 9. The maximum Gasteiger partial charge on any atom is 0.330 e. The van der Waals surface area contributed by atoms with Crippen LogP contribution in [0.25, 0.3) is 18.2 Å². The van der Waals surface area contributed by atoms with Gasteiger partial charge in [0.05, 0.1) is 18.2 Å². The van der Waals surface area contributed by atoms with Gasteiger partial charge in [0, 0.05) is 24.3 Å². The van der Waals surface area contributed by atoms with Crippen LogP contribution in [-0.2, 0) is 38.0 Å². The molecule has 0 saturated carbocycles. The summed E-state index contributed by atoms with van der Waals surface area (Å²) in [6.07, 6.45) is -23.8. The largest absolute Gasteiger partial charge is 0.571 e. The van der Waals surface area contributed by atoms with E-state index < -0.39 is 164 Å². The summed E-state index contributed by atoms with van der Waals surface area (Å²) in [5.74, 6) is -6.77. The van der Waals surface area contributed by atoms with Crippen molar-refractivity contribution in [3.8, 4) is 51.7 Å². The zero-order valence-electron chi connectivity index (χ0n) is 40.3. The van der Waals surface area contributed by atoms with Crippen LogP contribution in [0.15, 0.2) is 84.6 Å². The number of phenols is 6. The van der Waals surface area contributed by atoms with Crippen molar-refractivity contribution < 1.29 is 134 Å². The minimum absolute atomic E-state index is 0.00861. The van der Waals surface area contributed by atoms with Gasteiger partial charge in [0.25, 0.3) is 11.9 Å². The molecule has 0 bridgehead atoms. The molecule has 420 valence electrons. The van der Waals surface area contributed by atoms with Gasteiger partial charge in [0.2, 0.25) is 24.6 Å². The van der Waals surface area contributed by atoms with Crippen LogP contribution in [0.1, 0.15) is 28.4 Å². The SMILES string of the molecule is O=C(/C=C/c1ccc(O)cc1)OC[C@H]1O[C@@H](Oc2cc(C3[OH+]c4cc(O)cc(O[C@@H]5O[C@H](COC(=O)/C=C/c6ccc(O)c(O)c6)[C@@H](O)[C@H](O)[C@@H]5O)c4C=C3O[C@@H]3O[C@H](CO)[C@@H](O)[C@H](O)[C@H]3O)cc(O)c2O)[C@@H](O)[C@@H](O)[C@@H]1O. The summed E-state index contributed by atoms with van der Waals surface area (Å²) in [5.41, 5.74) is 0.544. The molecular weight excluding hydrogens is 1040 g/mol. The summed E-state index contributed by atoms with van der Waals surface area (Å²) in [7, 11) is 0. The Bertz CT molecular complexity index is 2870. The predicted octanol–water partition coefficient (Wildman–Crippen LogP) is -2.04. The van der Waals surface area contributed by atoms with Gasteiger partial charge in [-0.15, -0.1) is 0 Å². The van der Waals surface area contributed by atoms with Crippen molar-refractivity contribution in [1.29, 1.82) is 0 Å². The number of aromatic hydroxyl groups is 7. The monoisotopic (exact) mass is 1100 g/mol. The molecule has 78 heavy (non-hydrogen) atoms. The predicted molar refractivity (Wildman–Crippen MR) is 258 cm³/mol. The van der Waals surface area contributed by atoms with Gasteiger partial charge < -0.3 is 124 Å². The minimum atomic E-state index is -2.05.